The number of H-pyrrole nitrogens is 1. The number of aromatic amines is 1. The van der Waals surface area contributed by atoms with Crippen LogP contribution in [0, 0.1) is 6.92 Å². The van der Waals surface area contributed by atoms with Crippen LogP contribution in [-0.4, -0.2) is 75.1 Å². The van der Waals surface area contributed by atoms with Crippen molar-refractivity contribution >= 4 is 11.8 Å². The van der Waals surface area contributed by atoms with Gasteiger partial charge in [0.15, 0.2) is 5.82 Å². The number of methoxy groups -OCH3 is 1. The van der Waals surface area contributed by atoms with Gasteiger partial charge in [-0.2, -0.15) is 5.10 Å². The molecule has 0 bridgehead atoms. The van der Waals surface area contributed by atoms with Crippen LogP contribution in [-0.2, 0) is 9.53 Å². The molecular formula is C17H22N6O3. The Morgan fingerprint density at radius 3 is 2.85 bits per heavy atom. The fourth-order valence-corrected chi connectivity index (χ4v) is 3.09. The van der Waals surface area contributed by atoms with Crippen molar-refractivity contribution in [3.63, 3.8) is 0 Å². The number of carbonyl (C=O) groups is 2. The minimum absolute atomic E-state index is 0.0174. The number of hydrogen-bond acceptors (Lipinski definition) is 6. The first-order chi connectivity index (χ1) is 12.6. The second kappa shape index (κ2) is 8.05. The largest absolute Gasteiger partial charge is 0.375 e. The summed E-state index contributed by atoms with van der Waals surface area (Å²) in [5.41, 5.74) is 0.537. The molecule has 0 aromatic carbocycles. The molecule has 3 rings (SSSR count). The summed E-state index contributed by atoms with van der Waals surface area (Å²) in [4.78, 5) is 37.1. The summed E-state index contributed by atoms with van der Waals surface area (Å²) < 4.78 is 5.00. The van der Waals surface area contributed by atoms with Gasteiger partial charge in [-0.25, -0.2) is 4.98 Å². The highest BCUT2D eigenvalue weighted by Crippen LogP contribution is 2.25. The van der Waals surface area contributed by atoms with Crippen LogP contribution in [0.1, 0.15) is 34.5 Å². The van der Waals surface area contributed by atoms with Crippen molar-refractivity contribution in [3.8, 4) is 0 Å². The molecule has 138 valence electrons. The maximum atomic E-state index is 12.7. The minimum atomic E-state index is -0.297. The average molecular weight is 358 g/mol. The predicted molar refractivity (Wildman–Crippen MR) is 92.2 cm³/mol. The van der Waals surface area contributed by atoms with Crippen LogP contribution in [0.5, 0.6) is 0 Å². The van der Waals surface area contributed by atoms with Crippen molar-refractivity contribution in [2.75, 3.05) is 33.4 Å². The van der Waals surface area contributed by atoms with Gasteiger partial charge in [0.25, 0.3) is 5.91 Å². The van der Waals surface area contributed by atoms with Gasteiger partial charge in [-0.1, -0.05) is 0 Å². The standard InChI is InChI=1S/C17H22N6O3/c1-12-19-16(21-20-12)14-5-7-22(8-9-23(14)15(24)11-26-2)17(25)13-4-3-6-18-10-13/h3-4,6,10,14H,5,7-9,11H2,1-2H3,(H,19,20,21). The van der Waals surface area contributed by atoms with E-state index in [-0.39, 0.29) is 24.5 Å². The van der Waals surface area contributed by atoms with E-state index >= 15 is 0 Å². The summed E-state index contributed by atoms with van der Waals surface area (Å²) in [5.74, 6) is 1.01. The van der Waals surface area contributed by atoms with Gasteiger partial charge in [0, 0.05) is 39.1 Å². The third-order valence-corrected chi connectivity index (χ3v) is 4.36. The van der Waals surface area contributed by atoms with Gasteiger partial charge in [-0.15, -0.1) is 0 Å². The lowest BCUT2D eigenvalue weighted by Crippen LogP contribution is -2.40. The smallest absolute Gasteiger partial charge is 0.255 e. The first kappa shape index (κ1) is 18.0. The maximum absolute atomic E-state index is 12.7. The third-order valence-electron chi connectivity index (χ3n) is 4.36. The highest BCUT2D eigenvalue weighted by atomic mass is 16.5. The fourth-order valence-electron chi connectivity index (χ4n) is 3.09. The number of aromatic nitrogens is 4. The number of ether oxygens (including phenoxy) is 1. The molecule has 0 radical (unpaired) electrons. The summed E-state index contributed by atoms with van der Waals surface area (Å²) in [6.45, 7) is 3.13. The Kier molecular flexibility index (Phi) is 5.57. The summed E-state index contributed by atoms with van der Waals surface area (Å²) in [6.07, 6.45) is 3.74. The van der Waals surface area contributed by atoms with Crippen LogP contribution >= 0.6 is 0 Å². The number of rotatable bonds is 4. The quantitative estimate of drug-likeness (QED) is 0.857. The van der Waals surface area contributed by atoms with Crippen molar-refractivity contribution in [2.24, 2.45) is 0 Å². The Labute approximate surface area is 151 Å². The Bertz CT molecular complexity index is 763. The van der Waals surface area contributed by atoms with Gasteiger partial charge < -0.3 is 14.5 Å². The molecule has 1 N–H and O–H groups in total. The van der Waals surface area contributed by atoms with Crippen LogP contribution in [0.4, 0.5) is 0 Å². The van der Waals surface area contributed by atoms with E-state index in [1.165, 1.54) is 7.11 Å². The maximum Gasteiger partial charge on any atom is 0.255 e. The molecule has 1 aliphatic heterocycles. The van der Waals surface area contributed by atoms with Crippen molar-refractivity contribution < 1.29 is 14.3 Å². The van der Waals surface area contributed by atoms with E-state index in [1.807, 2.05) is 6.92 Å². The molecular weight excluding hydrogens is 336 g/mol. The molecule has 0 spiro atoms. The Hall–Kier alpha value is -2.81. The first-order valence-corrected chi connectivity index (χ1v) is 8.46. The van der Waals surface area contributed by atoms with Gasteiger partial charge in [0.1, 0.15) is 12.4 Å². The highest BCUT2D eigenvalue weighted by Gasteiger charge is 2.32. The molecule has 0 saturated carbocycles. The number of hydrogen-bond donors (Lipinski definition) is 1. The van der Waals surface area contributed by atoms with Crippen LogP contribution in [0.15, 0.2) is 24.5 Å². The molecule has 0 aliphatic carbocycles. The van der Waals surface area contributed by atoms with Gasteiger partial charge in [-0.3, -0.25) is 19.7 Å². The lowest BCUT2D eigenvalue weighted by molar-refractivity contribution is -0.137. The Balaban J connectivity index is 1.81. The molecule has 1 aliphatic rings. The van der Waals surface area contributed by atoms with E-state index in [4.69, 9.17) is 4.74 Å². The number of pyridine rings is 1. The highest BCUT2D eigenvalue weighted by molar-refractivity contribution is 5.94. The van der Waals surface area contributed by atoms with Crippen molar-refractivity contribution in [3.05, 3.63) is 41.7 Å². The lowest BCUT2D eigenvalue weighted by Gasteiger charge is -2.27. The molecule has 3 heterocycles. The number of amides is 2. The van der Waals surface area contributed by atoms with Gasteiger partial charge in [0.05, 0.1) is 11.6 Å². The summed E-state index contributed by atoms with van der Waals surface area (Å²) in [5, 5.41) is 7.04. The molecule has 1 atom stereocenters. The van der Waals surface area contributed by atoms with Gasteiger partial charge in [-0.05, 0) is 25.5 Å². The summed E-state index contributed by atoms with van der Waals surface area (Å²) in [6, 6.07) is 3.18. The monoisotopic (exact) mass is 358 g/mol. The van der Waals surface area contributed by atoms with E-state index in [0.717, 1.165) is 0 Å². The second-order valence-electron chi connectivity index (χ2n) is 6.14. The number of nitrogens with zero attached hydrogens (tertiary/aromatic N) is 5. The van der Waals surface area contributed by atoms with Gasteiger partial charge >= 0.3 is 0 Å². The van der Waals surface area contributed by atoms with Crippen LogP contribution in [0.25, 0.3) is 0 Å². The number of nitrogens with one attached hydrogen (secondary N) is 1. The predicted octanol–water partition coefficient (Wildman–Crippen LogP) is 0.570. The molecule has 1 saturated heterocycles. The molecule has 2 aromatic rings. The Morgan fingerprint density at radius 2 is 2.19 bits per heavy atom. The van der Waals surface area contributed by atoms with Crippen LogP contribution in [0.2, 0.25) is 0 Å². The van der Waals surface area contributed by atoms with Crippen molar-refractivity contribution in [2.45, 2.75) is 19.4 Å². The minimum Gasteiger partial charge on any atom is -0.375 e. The zero-order valence-electron chi connectivity index (χ0n) is 14.9. The molecule has 2 amide bonds. The SMILES string of the molecule is COCC(=O)N1CCN(C(=O)c2cccnc2)CCC1c1n[nH]c(C)n1. The average Bonchev–Trinajstić information content (AvgIpc) is 2.96. The van der Waals surface area contributed by atoms with Crippen molar-refractivity contribution in [1.29, 1.82) is 0 Å². The molecule has 1 fully saturated rings. The lowest BCUT2D eigenvalue weighted by atomic mass is 10.1. The zero-order chi connectivity index (χ0) is 18.5. The van der Waals surface area contributed by atoms with Gasteiger partial charge in [0.2, 0.25) is 5.91 Å². The topological polar surface area (TPSA) is 104 Å². The zero-order valence-corrected chi connectivity index (χ0v) is 14.9. The van der Waals surface area contributed by atoms with Crippen LogP contribution in [0.3, 0.4) is 0 Å². The van der Waals surface area contributed by atoms with E-state index in [9.17, 15) is 9.59 Å². The van der Waals surface area contributed by atoms with E-state index in [0.29, 0.717) is 43.3 Å². The first-order valence-electron chi connectivity index (χ1n) is 8.46. The molecule has 26 heavy (non-hydrogen) atoms. The Morgan fingerprint density at radius 1 is 1.35 bits per heavy atom. The van der Waals surface area contributed by atoms with E-state index in [2.05, 4.69) is 20.2 Å². The normalized spacial score (nSPS) is 17.8. The van der Waals surface area contributed by atoms with E-state index < -0.39 is 0 Å². The third kappa shape index (κ3) is 3.88. The number of carbonyl (C=O) groups excluding carboxylic acids is 2. The molecule has 9 heteroatoms. The number of aryl methyl sites for hydroxylation is 1. The molecule has 1 unspecified atom stereocenters. The molecule has 9 nitrogen and oxygen atoms in total. The summed E-state index contributed by atoms with van der Waals surface area (Å²) >= 11 is 0. The van der Waals surface area contributed by atoms with Crippen LogP contribution < -0.4 is 0 Å². The van der Waals surface area contributed by atoms with Crippen molar-refractivity contribution in [1.82, 2.24) is 30.0 Å². The molecule has 2 aromatic heterocycles. The fraction of sp³-hybridized carbons (Fsp3) is 0.471. The van der Waals surface area contributed by atoms with E-state index in [1.54, 1.807) is 34.3 Å². The second-order valence-corrected chi connectivity index (χ2v) is 6.14. The summed E-state index contributed by atoms with van der Waals surface area (Å²) in [7, 11) is 1.49.